The predicted octanol–water partition coefficient (Wildman–Crippen LogP) is 4.09. The van der Waals surface area contributed by atoms with E-state index in [1.54, 1.807) is 53.7 Å². The molecule has 1 amide bonds. The number of aliphatic hydroxyl groups excluding tert-OH is 1. The highest BCUT2D eigenvalue weighted by molar-refractivity contribution is 6.46. The number of hydrogen-bond donors (Lipinski definition) is 1. The van der Waals surface area contributed by atoms with E-state index in [2.05, 4.69) is 4.98 Å². The molecule has 1 aliphatic heterocycles. The number of rotatable bonds is 7. The molecular weight excluding hydrogens is 368 g/mol. The highest BCUT2D eigenvalue weighted by atomic mass is 16.5. The molecule has 0 bridgehead atoms. The summed E-state index contributed by atoms with van der Waals surface area (Å²) < 4.78 is 5.63. The topological polar surface area (TPSA) is 79.7 Å². The number of hydrogen-bond acceptors (Lipinski definition) is 5. The number of ketones is 1. The molecule has 1 aromatic heterocycles. The van der Waals surface area contributed by atoms with Gasteiger partial charge in [-0.3, -0.25) is 14.6 Å². The Morgan fingerprint density at radius 1 is 1.14 bits per heavy atom. The number of nitrogens with zero attached hydrogens (tertiary/aromatic N) is 2. The van der Waals surface area contributed by atoms with Crippen molar-refractivity contribution in [2.24, 2.45) is 0 Å². The summed E-state index contributed by atoms with van der Waals surface area (Å²) in [6.07, 6.45) is 4.94. The molecule has 1 aliphatic rings. The number of aliphatic hydroxyl groups is 1. The molecule has 1 fully saturated rings. The number of ether oxygens (including phenoxy) is 1. The van der Waals surface area contributed by atoms with Gasteiger partial charge in [-0.2, -0.15) is 0 Å². The van der Waals surface area contributed by atoms with E-state index in [1.165, 1.54) is 0 Å². The molecule has 1 saturated heterocycles. The SMILES string of the molecule is CCCCN1C(=O)C(=O)/C(=C(\O)c2ccc(OC(C)C)cc2)C1c1ccncc1. The number of carbonyl (C=O) groups excluding carboxylic acids is 2. The second kappa shape index (κ2) is 8.90. The van der Waals surface area contributed by atoms with E-state index < -0.39 is 17.7 Å². The second-order valence-electron chi connectivity index (χ2n) is 7.32. The molecule has 2 heterocycles. The van der Waals surface area contributed by atoms with Gasteiger partial charge in [-0.15, -0.1) is 0 Å². The van der Waals surface area contributed by atoms with Gasteiger partial charge in [0.2, 0.25) is 0 Å². The summed E-state index contributed by atoms with van der Waals surface area (Å²) in [5.74, 6) is -0.754. The normalized spacial score (nSPS) is 18.5. The zero-order chi connectivity index (χ0) is 21.0. The molecule has 1 atom stereocenters. The molecule has 0 spiro atoms. The summed E-state index contributed by atoms with van der Waals surface area (Å²) in [6, 6.07) is 9.76. The lowest BCUT2D eigenvalue weighted by molar-refractivity contribution is -0.139. The Balaban J connectivity index is 2.05. The lowest BCUT2D eigenvalue weighted by Gasteiger charge is -2.25. The average Bonchev–Trinajstić information content (AvgIpc) is 2.97. The summed E-state index contributed by atoms with van der Waals surface area (Å²) in [7, 11) is 0. The molecule has 6 heteroatoms. The Morgan fingerprint density at radius 2 is 1.79 bits per heavy atom. The van der Waals surface area contributed by atoms with Crippen LogP contribution in [0.5, 0.6) is 5.75 Å². The number of Topliss-reactive ketones (excluding diaryl/α,β-unsaturated/α-hetero) is 1. The summed E-state index contributed by atoms with van der Waals surface area (Å²) in [5.41, 5.74) is 1.32. The van der Waals surface area contributed by atoms with Crippen molar-refractivity contribution in [3.63, 3.8) is 0 Å². The zero-order valence-electron chi connectivity index (χ0n) is 17.0. The van der Waals surface area contributed by atoms with Gasteiger partial charge in [0, 0.05) is 24.5 Å². The first-order valence-corrected chi connectivity index (χ1v) is 9.89. The van der Waals surface area contributed by atoms with Crippen molar-refractivity contribution in [3.05, 3.63) is 65.5 Å². The lowest BCUT2D eigenvalue weighted by Crippen LogP contribution is -2.30. The van der Waals surface area contributed by atoms with Crippen LogP contribution >= 0.6 is 0 Å². The molecule has 6 nitrogen and oxygen atoms in total. The lowest BCUT2D eigenvalue weighted by atomic mass is 9.96. The standard InChI is InChI=1S/C23H26N2O4/c1-4-5-14-25-20(16-10-12-24-13-11-16)19(22(27)23(25)28)21(26)17-6-8-18(9-7-17)29-15(2)3/h6-13,15,20,26H,4-5,14H2,1-3H3/b21-19-. The molecule has 152 valence electrons. The van der Waals surface area contributed by atoms with Crippen LogP contribution in [0, 0.1) is 0 Å². The van der Waals surface area contributed by atoms with Crippen LogP contribution in [-0.4, -0.2) is 39.3 Å². The number of benzene rings is 1. The van der Waals surface area contributed by atoms with Crippen LogP contribution in [0.2, 0.25) is 0 Å². The molecule has 2 aromatic rings. The third-order valence-corrected chi connectivity index (χ3v) is 4.81. The largest absolute Gasteiger partial charge is 0.507 e. The van der Waals surface area contributed by atoms with Gasteiger partial charge in [0.05, 0.1) is 17.7 Å². The molecule has 1 aromatic carbocycles. The zero-order valence-corrected chi connectivity index (χ0v) is 17.0. The second-order valence-corrected chi connectivity index (χ2v) is 7.32. The highest BCUT2D eigenvalue weighted by Crippen LogP contribution is 2.39. The number of likely N-dealkylation sites (tertiary alicyclic amines) is 1. The van der Waals surface area contributed by atoms with Crippen LogP contribution in [0.25, 0.3) is 5.76 Å². The van der Waals surface area contributed by atoms with E-state index in [1.807, 2.05) is 20.8 Å². The van der Waals surface area contributed by atoms with Crippen molar-refractivity contribution in [1.82, 2.24) is 9.88 Å². The number of carbonyl (C=O) groups is 2. The van der Waals surface area contributed by atoms with Crippen LogP contribution in [0.3, 0.4) is 0 Å². The maximum Gasteiger partial charge on any atom is 0.295 e. The summed E-state index contributed by atoms with van der Waals surface area (Å²) in [6.45, 7) is 6.34. The molecule has 1 N–H and O–H groups in total. The Hall–Kier alpha value is -3.15. The first-order valence-electron chi connectivity index (χ1n) is 9.89. The maximum atomic E-state index is 12.8. The van der Waals surface area contributed by atoms with E-state index in [0.717, 1.165) is 18.4 Å². The van der Waals surface area contributed by atoms with Gasteiger partial charge in [-0.25, -0.2) is 0 Å². The summed E-state index contributed by atoms with van der Waals surface area (Å²) >= 11 is 0. The number of amides is 1. The third-order valence-electron chi connectivity index (χ3n) is 4.81. The maximum absolute atomic E-state index is 12.8. The monoisotopic (exact) mass is 394 g/mol. The first kappa shape index (κ1) is 20.6. The van der Waals surface area contributed by atoms with Crippen LogP contribution in [0.15, 0.2) is 54.4 Å². The minimum Gasteiger partial charge on any atom is -0.507 e. The first-order chi connectivity index (χ1) is 13.9. The van der Waals surface area contributed by atoms with E-state index in [9.17, 15) is 14.7 Å². The summed E-state index contributed by atoms with van der Waals surface area (Å²) in [5, 5.41) is 11.0. The van der Waals surface area contributed by atoms with Crippen LogP contribution < -0.4 is 4.74 Å². The van der Waals surface area contributed by atoms with E-state index in [0.29, 0.717) is 17.9 Å². The minimum atomic E-state index is -0.664. The quantitative estimate of drug-likeness (QED) is 0.435. The van der Waals surface area contributed by atoms with Gasteiger partial charge in [-0.1, -0.05) is 13.3 Å². The van der Waals surface area contributed by atoms with Gasteiger partial charge in [0.1, 0.15) is 11.5 Å². The molecule has 3 rings (SSSR count). The number of unbranched alkanes of at least 4 members (excludes halogenated alkanes) is 1. The van der Waals surface area contributed by atoms with Crippen molar-refractivity contribution in [2.75, 3.05) is 6.54 Å². The fraction of sp³-hybridized carbons (Fsp3) is 0.348. The molecule has 29 heavy (non-hydrogen) atoms. The summed E-state index contributed by atoms with van der Waals surface area (Å²) in [4.78, 5) is 31.1. The Bertz CT molecular complexity index is 904. The molecular formula is C23H26N2O4. The van der Waals surface area contributed by atoms with Crippen molar-refractivity contribution < 1.29 is 19.4 Å². The Morgan fingerprint density at radius 3 is 2.38 bits per heavy atom. The van der Waals surface area contributed by atoms with Gasteiger partial charge in [0.15, 0.2) is 0 Å². The van der Waals surface area contributed by atoms with Gasteiger partial charge >= 0.3 is 0 Å². The Labute approximate surface area is 170 Å². The number of aromatic nitrogens is 1. The van der Waals surface area contributed by atoms with Crippen LogP contribution in [-0.2, 0) is 9.59 Å². The fourth-order valence-corrected chi connectivity index (χ4v) is 3.45. The fourth-order valence-electron chi connectivity index (χ4n) is 3.45. The van der Waals surface area contributed by atoms with Crippen molar-refractivity contribution in [2.45, 2.75) is 45.8 Å². The predicted molar refractivity (Wildman–Crippen MR) is 110 cm³/mol. The van der Waals surface area contributed by atoms with Crippen LogP contribution in [0.4, 0.5) is 0 Å². The molecule has 1 unspecified atom stereocenters. The van der Waals surface area contributed by atoms with E-state index in [-0.39, 0.29) is 17.4 Å². The van der Waals surface area contributed by atoms with Crippen molar-refractivity contribution >= 4 is 17.4 Å². The van der Waals surface area contributed by atoms with Gasteiger partial charge < -0.3 is 14.7 Å². The molecule has 0 radical (unpaired) electrons. The van der Waals surface area contributed by atoms with Crippen LogP contribution in [0.1, 0.15) is 50.8 Å². The third kappa shape index (κ3) is 4.31. The van der Waals surface area contributed by atoms with Gasteiger partial charge in [-0.05, 0) is 62.2 Å². The molecule has 0 saturated carbocycles. The highest BCUT2D eigenvalue weighted by Gasteiger charge is 2.45. The van der Waals surface area contributed by atoms with Crippen molar-refractivity contribution in [3.8, 4) is 5.75 Å². The number of pyridine rings is 1. The van der Waals surface area contributed by atoms with Gasteiger partial charge in [0.25, 0.3) is 11.7 Å². The van der Waals surface area contributed by atoms with E-state index in [4.69, 9.17) is 4.74 Å². The Kier molecular flexibility index (Phi) is 6.32. The minimum absolute atomic E-state index is 0.0324. The smallest absolute Gasteiger partial charge is 0.295 e. The molecule has 0 aliphatic carbocycles. The van der Waals surface area contributed by atoms with E-state index >= 15 is 0 Å². The van der Waals surface area contributed by atoms with Crippen molar-refractivity contribution in [1.29, 1.82) is 0 Å². The average molecular weight is 394 g/mol.